The monoisotopic (exact) mass is 460 g/mol. The maximum absolute atomic E-state index is 13.7. The van der Waals surface area contributed by atoms with Gasteiger partial charge in [0.1, 0.15) is 11.8 Å². The molecule has 5 nitrogen and oxygen atoms in total. The lowest BCUT2D eigenvalue weighted by molar-refractivity contribution is -0.119. The zero-order chi connectivity index (χ0) is 22.8. The molecule has 170 valence electrons. The van der Waals surface area contributed by atoms with Gasteiger partial charge >= 0.3 is 0 Å². The summed E-state index contributed by atoms with van der Waals surface area (Å²) in [4.78, 5) is 30.3. The fourth-order valence-electron chi connectivity index (χ4n) is 4.95. The van der Waals surface area contributed by atoms with Crippen molar-refractivity contribution in [2.75, 3.05) is 10.2 Å². The fraction of sp³-hybridized carbons (Fsp3) is 0.333. The third-order valence-corrected chi connectivity index (χ3v) is 7.43. The normalized spacial score (nSPS) is 20.2. The molecule has 0 spiro atoms. The standard InChI is InChI=1S/C27H28N2O3S/c1-2-3-4-13-25(31)29-21-10-6-5-9-19(21)28-20-16-18(23-11-7-14-32-23)17-22(30)26(20)27(29)24-12-8-15-33-24/h5-12,14-15,18,27-28H,2-4,13,16-17H2,1H3/t18-,27-/m1/s1. The Hall–Kier alpha value is -3.12. The van der Waals surface area contributed by atoms with E-state index in [9.17, 15) is 9.59 Å². The summed E-state index contributed by atoms with van der Waals surface area (Å²) in [6.07, 6.45) is 6.09. The number of thiophene rings is 1. The van der Waals surface area contributed by atoms with Crippen molar-refractivity contribution >= 4 is 34.4 Å². The number of hydrogen-bond acceptors (Lipinski definition) is 5. The zero-order valence-electron chi connectivity index (χ0n) is 18.8. The maximum Gasteiger partial charge on any atom is 0.227 e. The quantitative estimate of drug-likeness (QED) is 0.410. The number of rotatable bonds is 6. The van der Waals surface area contributed by atoms with Gasteiger partial charge in [0.05, 0.1) is 17.6 Å². The maximum atomic E-state index is 13.7. The molecule has 3 aromatic rings. The smallest absolute Gasteiger partial charge is 0.227 e. The van der Waals surface area contributed by atoms with E-state index < -0.39 is 6.04 Å². The largest absolute Gasteiger partial charge is 0.469 e. The Morgan fingerprint density at radius 2 is 2.00 bits per heavy atom. The van der Waals surface area contributed by atoms with E-state index in [1.165, 1.54) is 0 Å². The Balaban J connectivity index is 1.64. The third-order valence-electron chi connectivity index (χ3n) is 6.51. The van der Waals surface area contributed by atoms with Crippen LogP contribution in [0, 0.1) is 0 Å². The number of para-hydroxylation sites is 2. The molecule has 0 saturated carbocycles. The van der Waals surface area contributed by atoms with Gasteiger partial charge in [0.15, 0.2) is 5.78 Å². The summed E-state index contributed by atoms with van der Waals surface area (Å²) >= 11 is 1.59. The molecule has 0 saturated heterocycles. The first kappa shape index (κ1) is 21.7. The van der Waals surface area contributed by atoms with Crippen LogP contribution in [0.3, 0.4) is 0 Å². The number of anilines is 2. The number of unbranched alkanes of at least 4 members (excludes halogenated alkanes) is 2. The number of nitrogens with one attached hydrogen (secondary N) is 1. The fourth-order valence-corrected chi connectivity index (χ4v) is 5.78. The van der Waals surface area contributed by atoms with Crippen LogP contribution in [0.4, 0.5) is 11.4 Å². The number of amides is 1. The number of nitrogens with zero attached hydrogens (tertiary/aromatic N) is 1. The number of fused-ring (bicyclic) bond motifs is 1. The highest BCUT2D eigenvalue weighted by atomic mass is 32.1. The van der Waals surface area contributed by atoms with Gasteiger partial charge in [0.25, 0.3) is 0 Å². The Morgan fingerprint density at radius 1 is 1.12 bits per heavy atom. The zero-order valence-corrected chi connectivity index (χ0v) is 19.6. The summed E-state index contributed by atoms with van der Waals surface area (Å²) in [5.74, 6) is 0.949. The van der Waals surface area contributed by atoms with E-state index in [-0.39, 0.29) is 17.6 Å². The first-order valence-electron chi connectivity index (χ1n) is 11.7. The van der Waals surface area contributed by atoms with Gasteiger partial charge < -0.3 is 9.73 Å². The molecule has 0 unspecified atom stereocenters. The minimum atomic E-state index is -0.421. The second-order valence-electron chi connectivity index (χ2n) is 8.72. The van der Waals surface area contributed by atoms with Gasteiger partial charge in [-0.3, -0.25) is 14.5 Å². The Bertz CT molecular complexity index is 1160. The topological polar surface area (TPSA) is 62.6 Å². The van der Waals surface area contributed by atoms with E-state index in [2.05, 4.69) is 12.2 Å². The van der Waals surface area contributed by atoms with Crippen molar-refractivity contribution in [1.82, 2.24) is 0 Å². The van der Waals surface area contributed by atoms with Crippen molar-refractivity contribution in [2.24, 2.45) is 0 Å². The molecule has 3 heterocycles. The van der Waals surface area contributed by atoms with Crippen molar-refractivity contribution in [3.05, 3.63) is 82.1 Å². The SMILES string of the molecule is CCCCCC(=O)N1c2ccccc2NC2=C(C(=O)C[C@H](c3ccco3)C2)[C@H]1c1cccs1. The second-order valence-corrected chi connectivity index (χ2v) is 9.70. The van der Waals surface area contributed by atoms with Crippen LogP contribution in [0.15, 0.2) is 75.9 Å². The first-order valence-corrected chi connectivity index (χ1v) is 12.6. The summed E-state index contributed by atoms with van der Waals surface area (Å²) in [6.45, 7) is 2.14. The van der Waals surface area contributed by atoms with Crippen molar-refractivity contribution in [3.8, 4) is 0 Å². The van der Waals surface area contributed by atoms with E-state index in [4.69, 9.17) is 4.42 Å². The van der Waals surface area contributed by atoms with Crippen molar-refractivity contribution in [2.45, 2.75) is 57.4 Å². The van der Waals surface area contributed by atoms with Crippen molar-refractivity contribution in [1.29, 1.82) is 0 Å². The van der Waals surface area contributed by atoms with Crippen LogP contribution in [0.2, 0.25) is 0 Å². The molecule has 2 aliphatic rings. The van der Waals surface area contributed by atoms with Gasteiger partial charge in [-0.15, -0.1) is 11.3 Å². The average molecular weight is 461 g/mol. The Morgan fingerprint density at radius 3 is 2.76 bits per heavy atom. The highest BCUT2D eigenvalue weighted by Gasteiger charge is 2.42. The van der Waals surface area contributed by atoms with Gasteiger partial charge in [0.2, 0.25) is 5.91 Å². The molecule has 2 atom stereocenters. The number of allylic oxidation sites excluding steroid dienone is 1. The molecular weight excluding hydrogens is 432 g/mol. The van der Waals surface area contributed by atoms with E-state index >= 15 is 0 Å². The number of ketones is 1. The van der Waals surface area contributed by atoms with Crippen LogP contribution in [0.5, 0.6) is 0 Å². The van der Waals surface area contributed by atoms with Crippen LogP contribution in [0.1, 0.15) is 68.0 Å². The molecule has 0 bridgehead atoms. The number of furan rings is 1. The number of carbonyl (C=O) groups is 2. The van der Waals surface area contributed by atoms with Crippen LogP contribution >= 0.6 is 11.3 Å². The Labute approximate surface area is 198 Å². The molecule has 6 heteroatoms. The van der Waals surface area contributed by atoms with Crippen molar-refractivity contribution in [3.63, 3.8) is 0 Å². The lowest BCUT2D eigenvalue weighted by atomic mass is 9.81. The molecule has 0 fully saturated rings. The van der Waals surface area contributed by atoms with Gasteiger partial charge in [0, 0.05) is 34.9 Å². The van der Waals surface area contributed by atoms with Gasteiger partial charge in [-0.1, -0.05) is 38.0 Å². The molecule has 0 radical (unpaired) electrons. The summed E-state index contributed by atoms with van der Waals surface area (Å²) in [7, 11) is 0. The minimum absolute atomic E-state index is 0.0123. The van der Waals surface area contributed by atoms with Gasteiger partial charge in [-0.25, -0.2) is 0 Å². The summed E-state index contributed by atoms with van der Waals surface area (Å²) in [5, 5.41) is 5.57. The molecule has 1 amide bonds. The molecule has 2 aromatic heterocycles. The molecule has 33 heavy (non-hydrogen) atoms. The van der Waals surface area contributed by atoms with Gasteiger partial charge in [-0.2, -0.15) is 0 Å². The number of carbonyl (C=O) groups excluding carboxylic acids is 2. The van der Waals surface area contributed by atoms with Gasteiger partial charge in [-0.05, 0) is 48.6 Å². The minimum Gasteiger partial charge on any atom is -0.469 e. The summed E-state index contributed by atoms with van der Waals surface area (Å²) in [5.41, 5.74) is 3.29. The third kappa shape index (κ3) is 4.15. The van der Waals surface area contributed by atoms with E-state index in [0.717, 1.165) is 47.0 Å². The van der Waals surface area contributed by atoms with E-state index in [1.54, 1.807) is 17.6 Å². The van der Waals surface area contributed by atoms with E-state index in [1.807, 2.05) is 58.8 Å². The first-order chi connectivity index (χ1) is 16.2. The lowest BCUT2D eigenvalue weighted by Crippen LogP contribution is -2.38. The number of benzene rings is 1. The Kier molecular flexibility index (Phi) is 6.18. The lowest BCUT2D eigenvalue weighted by Gasteiger charge is -2.34. The van der Waals surface area contributed by atoms with Crippen LogP contribution in [-0.4, -0.2) is 11.7 Å². The molecule has 5 rings (SSSR count). The summed E-state index contributed by atoms with van der Waals surface area (Å²) in [6, 6.07) is 15.3. The van der Waals surface area contributed by atoms with Crippen LogP contribution in [-0.2, 0) is 9.59 Å². The summed E-state index contributed by atoms with van der Waals surface area (Å²) < 4.78 is 5.65. The predicted molar refractivity (Wildman–Crippen MR) is 131 cm³/mol. The average Bonchev–Trinajstić information content (AvgIpc) is 3.51. The van der Waals surface area contributed by atoms with E-state index in [0.29, 0.717) is 24.8 Å². The van der Waals surface area contributed by atoms with Crippen LogP contribution < -0.4 is 10.2 Å². The molecule has 1 N–H and O–H groups in total. The highest BCUT2D eigenvalue weighted by molar-refractivity contribution is 7.10. The molecule has 1 aromatic carbocycles. The number of Topliss-reactive ketones (excluding diaryl/α,β-unsaturated/α-hetero) is 1. The molecular formula is C27H28N2O3S. The molecule has 1 aliphatic carbocycles. The predicted octanol–water partition coefficient (Wildman–Crippen LogP) is 6.82. The number of hydrogen-bond donors (Lipinski definition) is 1. The van der Waals surface area contributed by atoms with Crippen LogP contribution in [0.25, 0.3) is 0 Å². The molecule has 1 aliphatic heterocycles. The van der Waals surface area contributed by atoms with Crippen molar-refractivity contribution < 1.29 is 14.0 Å². The second kappa shape index (κ2) is 9.40. The highest BCUT2D eigenvalue weighted by Crippen LogP contribution is 2.48.